The van der Waals surface area contributed by atoms with Gasteiger partial charge in [-0.1, -0.05) is 24.3 Å². The minimum Gasteiger partial charge on any atom is -0.508 e. The van der Waals surface area contributed by atoms with Crippen molar-refractivity contribution in [2.75, 3.05) is 0 Å². The van der Waals surface area contributed by atoms with Gasteiger partial charge in [0, 0.05) is 10.9 Å². The van der Waals surface area contributed by atoms with Gasteiger partial charge in [0.15, 0.2) is 5.76 Å². The number of carbonyl (C=O) groups is 1. The van der Waals surface area contributed by atoms with Crippen molar-refractivity contribution in [2.45, 2.75) is 6.92 Å². The number of rotatable bonds is 3. The summed E-state index contributed by atoms with van der Waals surface area (Å²) >= 11 is 0. The van der Waals surface area contributed by atoms with E-state index in [9.17, 15) is 9.90 Å². The van der Waals surface area contributed by atoms with Crippen molar-refractivity contribution in [3.8, 4) is 5.75 Å². The number of benzene rings is 2. The number of phenolic OH excluding ortho intramolecular Hbond substituents is 1. The van der Waals surface area contributed by atoms with E-state index in [4.69, 9.17) is 4.42 Å². The molecule has 110 valence electrons. The average molecular weight is 294 g/mol. The Labute approximate surface area is 126 Å². The van der Waals surface area contributed by atoms with Gasteiger partial charge in [0.2, 0.25) is 0 Å². The van der Waals surface area contributed by atoms with Crippen molar-refractivity contribution in [3.05, 3.63) is 65.9 Å². The van der Waals surface area contributed by atoms with E-state index in [2.05, 4.69) is 10.5 Å². The molecule has 5 heteroatoms. The molecule has 2 N–H and O–H groups in total. The van der Waals surface area contributed by atoms with Gasteiger partial charge >= 0.3 is 0 Å². The second-order valence-corrected chi connectivity index (χ2v) is 4.84. The van der Waals surface area contributed by atoms with Crippen LogP contribution >= 0.6 is 0 Å². The smallest absolute Gasteiger partial charge is 0.271 e. The fourth-order valence-corrected chi connectivity index (χ4v) is 2.06. The number of para-hydroxylation sites is 1. The molecule has 5 nitrogen and oxygen atoms in total. The molecule has 1 heterocycles. The lowest BCUT2D eigenvalue weighted by atomic mass is 10.2. The summed E-state index contributed by atoms with van der Waals surface area (Å²) in [4.78, 5) is 11.9. The fourth-order valence-electron chi connectivity index (χ4n) is 2.06. The van der Waals surface area contributed by atoms with Gasteiger partial charge in [-0.25, -0.2) is 5.43 Å². The standard InChI is InChI=1S/C17H14N2O3/c1-11(16-10-12-5-2-3-8-15(12)22-16)18-19-17(21)13-6-4-7-14(20)9-13/h2-10,20H,1H3,(H,19,21)/b18-11-. The van der Waals surface area contributed by atoms with Crippen molar-refractivity contribution < 1.29 is 14.3 Å². The minimum absolute atomic E-state index is 0.0330. The van der Waals surface area contributed by atoms with Gasteiger partial charge in [-0.2, -0.15) is 5.10 Å². The fraction of sp³-hybridized carbons (Fsp3) is 0.0588. The number of nitrogens with one attached hydrogen (secondary N) is 1. The molecule has 0 saturated carbocycles. The summed E-state index contributed by atoms with van der Waals surface area (Å²) in [5.74, 6) is 0.231. The Bertz CT molecular complexity index is 832. The van der Waals surface area contributed by atoms with Crippen molar-refractivity contribution in [3.63, 3.8) is 0 Å². The van der Waals surface area contributed by atoms with Crippen LogP contribution in [0.5, 0.6) is 5.75 Å². The summed E-state index contributed by atoms with van der Waals surface area (Å²) in [5.41, 5.74) is 4.11. The number of hydrogen-bond donors (Lipinski definition) is 2. The lowest BCUT2D eigenvalue weighted by Gasteiger charge is -2.01. The van der Waals surface area contributed by atoms with Crippen molar-refractivity contribution in [1.29, 1.82) is 0 Å². The van der Waals surface area contributed by atoms with E-state index in [1.807, 2.05) is 30.3 Å². The molecule has 0 aliphatic heterocycles. The van der Waals surface area contributed by atoms with Crippen LogP contribution in [0.25, 0.3) is 11.0 Å². The molecule has 0 aliphatic rings. The van der Waals surface area contributed by atoms with Crippen LogP contribution in [0.1, 0.15) is 23.0 Å². The largest absolute Gasteiger partial charge is 0.508 e. The van der Waals surface area contributed by atoms with Crippen LogP contribution in [0, 0.1) is 0 Å². The predicted molar refractivity (Wildman–Crippen MR) is 84.0 cm³/mol. The molecule has 3 aromatic rings. The third-order valence-corrected chi connectivity index (χ3v) is 3.22. The first-order valence-corrected chi connectivity index (χ1v) is 6.76. The van der Waals surface area contributed by atoms with Crippen LogP contribution < -0.4 is 5.43 Å². The second-order valence-electron chi connectivity index (χ2n) is 4.84. The Morgan fingerprint density at radius 3 is 2.73 bits per heavy atom. The van der Waals surface area contributed by atoms with Crippen molar-refractivity contribution in [1.82, 2.24) is 5.43 Å². The summed E-state index contributed by atoms with van der Waals surface area (Å²) in [6.45, 7) is 1.75. The number of carbonyl (C=O) groups excluding carboxylic acids is 1. The molecule has 22 heavy (non-hydrogen) atoms. The summed E-state index contributed by atoms with van der Waals surface area (Å²) in [7, 11) is 0. The number of amides is 1. The van der Waals surface area contributed by atoms with Gasteiger partial charge in [0.05, 0.1) is 0 Å². The molecule has 0 unspecified atom stereocenters. The third-order valence-electron chi connectivity index (χ3n) is 3.22. The molecule has 0 radical (unpaired) electrons. The molecular weight excluding hydrogens is 280 g/mol. The zero-order valence-electron chi connectivity index (χ0n) is 11.9. The lowest BCUT2D eigenvalue weighted by molar-refractivity contribution is 0.0954. The van der Waals surface area contributed by atoms with Crippen LogP contribution in [0.15, 0.2) is 64.1 Å². The van der Waals surface area contributed by atoms with Crippen LogP contribution in [-0.2, 0) is 0 Å². The van der Waals surface area contributed by atoms with Crippen LogP contribution in [0.4, 0.5) is 0 Å². The highest BCUT2D eigenvalue weighted by molar-refractivity contribution is 6.01. The monoisotopic (exact) mass is 294 g/mol. The van der Waals surface area contributed by atoms with Gasteiger partial charge in [-0.05, 0) is 37.3 Å². The summed E-state index contributed by atoms with van der Waals surface area (Å²) in [6, 6.07) is 15.6. The third kappa shape index (κ3) is 2.83. The van der Waals surface area contributed by atoms with Crippen molar-refractivity contribution in [2.24, 2.45) is 5.10 Å². The Morgan fingerprint density at radius 2 is 1.95 bits per heavy atom. The number of hydrazone groups is 1. The maximum Gasteiger partial charge on any atom is 0.271 e. The normalized spacial score (nSPS) is 11.6. The van der Waals surface area contributed by atoms with Crippen molar-refractivity contribution >= 4 is 22.6 Å². The van der Waals surface area contributed by atoms with E-state index in [1.54, 1.807) is 19.1 Å². The SMILES string of the molecule is C/C(=N/NC(=O)c1cccc(O)c1)c1cc2ccccc2o1. The van der Waals surface area contributed by atoms with E-state index in [0.717, 1.165) is 11.0 Å². The maximum absolute atomic E-state index is 11.9. The zero-order chi connectivity index (χ0) is 15.5. The molecule has 3 rings (SSSR count). The van der Waals surface area contributed by atoms with E-state index < -0.39 is 5.91 Å². The molecule has 0 bridgehead atoms. The molecule has 0 spiro atoms. The predicted octanol–water partition coefficient (Wildman–Crippen LogP) is 3.29. The highest BCUT2D eigenvalue weighted by atomic mass is 16.3. The van der Waals surface area contributed by atoms with Crippen LogP contribution in [-0.4, -0.2) is 16.7 Å². The number of fused-ring (bicyclic) bond motifs is 1. The molecule has 1 amide bonds. The number of aromatic hydroxyl groups is 1. The first kappa shape index (κ1) is 13.9. The van der Waals surface area contributed by atoms with Crippen LogP contribution in [0.2, 0.25) is 0 Å². The molecule has 2 aromatic carbocycles. The topological polar surface area (TPSA) is 74.8 Å². The molecule has 0 aliphatic carbocycles. The van der Waals surface area contributed by atoms with Gasteiger partial charge in [0.25, 0.3) is 5.91 Å². The van der Waals surface area contributed by atoms with E-state index in [1.165, 1.54) is 12.1 Å². The molecular formula is C17H14N2O3. The summed E-state index contributed by atoms with van der Waals surface area (Å²) in [5, 5.41) is 14.4. The molecule has 0 fully saturated rings. The minimum atomic E-state index is -0.397. The van der Waals surface area contributed by atoms with E-state index >= 15 is 0 Å². The number of phenols is 1. The Balaban J connectivity index is 1.78. The van der Waals surface area contributed by atoms with E-state index in [0.29, 0.717) is 17.0 Å². The first-order valence-electron chi connectivity index (χ1n) is 6.76. The number of nitrogens with zero attached hydrogens (tertiary/aromatic N) is 1. The summed E-state index contributed by atoms with van der Waals surface area (Å²) in [6.07, 6.45) is 0. The zero-order valence-corrected chi connectivity index (χ0v) is 11.9. The highest BCUT2D eigenvalue weighted by Crippen LogP contribution is 2.19. The lowest BCUT2D eigenvalue weighted by Crippen LogP contribution is -2.19. The molecule has 1 aromatic heterocycles. The van der Waals surface area contributed by atoms with E-state index in [-0.39, 0.29) is 5.75 Å². The molecule has 0 saturated heterocycles. The van der Waals surface area contributed by atoms with Gasteiger partial charge in [-0.3, -0.25) is 4.79 Å². The Kier molecular flexibility index (Phi) is 3.62. The number of hydrogen-bond acceptors (Lipinski definition) is 4. The Hall–Kier alpha value is -3.08. The highest BCUT2D eigenvalue weighted by Gasteiger charge is 2.08. The van der Waals surface area contributed by atoms with Gasteiger partial charge in [0.1, 0.15) is 17.0 Å². The summed E-state index contributed by atoms with van der Waals surface area (Å²) < 4.78 is 5.66. The second kappa shape index (κ2) is 5.73. The van der Waals surface area contributed by atoms with Crippen LogP contribution in [0.3, 0.4) is 0 Å². The Morgan fingerprint density at radius 1 is 1.14 bits per heavy atom. The quantitative estimate of drug-likeness (QED) is 0.575. The first-order chi connectivity index (χ1) is 10.6. The maximum atomic E-state index is 11.9. The van der Waals surface area contributed by atoms with Gasteiger partial charge in [-0.15, -0.1) is 0 Å². The average Bonchev–Trinajstić information content (AvgIpc) is 2.96. The molecule has 0 atom stereocenters. The van der Waals surface area contributed by atoms with Gasteiger partial charge < -0.3 is 9.52 Å². The number of furan rings is 1.